The largest absolute Gasteiger partial charge is 0.334 e. The zero-order valence-corrected chi connectivity index (χ0v) is 15.0. The standard InChI is InChI=1S/C19H19N3O3S/c23-26(24,17-9-5-2-6-10-17)22-13-11-15(12-14-22)18-20-19(25-21-18)16-7-3-1-4-8-16/h1-10,15H,11-14H2. The van der Waals surface area contributed by atoms with Crippen molar-refractivity contribution in [1.82, 2.24) is 14.4 Å². The number of hydrogen-bond acceptors (Lipinski definition) is 5. The Hall–Kier alpha value is -2.51. The Kier molecular flexibility index (Phi) is 4.57. The first-order chi connectivity index (χ1) is 12.6. The number of aromatic nitrogens is 2. The molecular formula is C19H19N3O3S. The maximum atomic E-state index is 12.7. The van der Waals surface area contributed by atoms with Gasteiger partial charge in [-0.1, -0.05) is 41.6 Å². The number of piperidine rings is 1. The van der Waals surface area contributed by atoms with Gasteiger partial charge in [-0.15, -0.1) is 0 Å². The molecule has 0 atom stereocenters. The highest BCUT2D eigenvalue weighted by Gasteiger charge is 2.31. The summed E-state index contributed by atoms with van der Waals surface area (Å²) < 4.78 is 32.3. The molecule has 1 aliphatic rings. The minimum absolute atomic E-state index is 0.110. The van der Waals surface area contributed by atoms with E-state index in [0.717, 1.165) is 5.56 Å². The van der Waals surface area contributed by atoms with Crippen molar-refractivity contribution in [2.75, 3.05) is 13.1 Å². The lowest BCUT2D eigenvalue weighted by Gasteiger charge is -2.29. The molecule has 1 saturated heterocycles. The molecule has 0 amide bonds. The van der Waals surface area contributed by atoms with E-state index in [0.29, 0.717) is 42.5 Å². The van der Waals surface area contributed by atoms with E-state index in [1.54, 1.807) is 24.3 Å². The molecular weight excluding hydrogens is 350 g/mol. The molecule has 1 fully saturated rings. The van der Waals surface area contributed by atoms with Crippen molar-refractivity contribution < 1.29 is 12.9 Å². The first-order valence-corrected chi connectivity index (χ1v) is 10.0. The summed E-state index contributed by atoms with van der Waals surface area (Å²) in [6.07, 6.45) is 1.36. The van der Waals surface area contributed by atoms with E-state index in [1.165, 1.54) is 4.31 Å². The first-order valence-electron chi connectivity index (χ1n) is 8.59. The fraction of sp³-hybridized carbons (Fsp3) is 0.263. The summed E-state index contributed by atoms with van der Waals surface area (Å²) in [5.41, 5.74) is 0.885. The number of rotatable bonds is 4. The van der Waals surface area contributed by atoms with Crippen molar-refractivity contribution >= 4 is 10.0 Å². The second-order valence-corrected chi connectivity index (χ2v) is 8.25. The number of hydrogen-bond donors (Lipinski definition) is 0. The van der Waals surface area contributed by atoms with E-state index < -0.39 is 10.0 Å². The molecule has 2 aromatic carbocycles. The normalized spacial score (nSPS) is 16.6. The van der Waals surface area contributed by atoms with Gasteiger partial charge in [0.25, 0.3) is 5.89 Å². The van der Waals surface area contributed by atoms with Gasteiger partial charge in [-0.3, -0.25) is 0 Å². The minimum atomic E-state index is -3.44. The zero-order valence-electron chi connectivity index (χ0n) is 14.2. The fourth-order valence-corrected chi connectivity index (χ4v) is 4.69. The highest BCUT2D eigenvalue weighted by molar-refractivity contribution is 7.89. The van der Waals surface area contributed by atoms with Crippen LogP contribution in [-0.2, 0) is 10.0 Å². The van der Waals surface area contributed by atoms with E-state index in [2.05, 4.69) is 10.1 Å². The van der Waals surface area contributed by atoms with Gasteiger partial charge in [-0.25, -0.2) is 8.42 Å². The van der Waals surface area contributed by atoms with Crippen LogP contribution in [0.4, 0.5) is 0 Å². The van der Waals surface area contributed by atoms with Crippen LogP contribution < -0.4 is 0 Å². The molecule has 2 heterocycles. The Labute approximate surface area is 152 Å². The lowest BCUT2D eigenvalue weighted by molar-refractivity contribution is 0.307. The molecule has 134 valence electrons. The van der Waals surface area contributed by atoms with Gasteiger partial charge in [0.05, 0.1) is 4.90 Å². The topological polar surface area (TPSA) is 76.3 Å². The monoisotopic (exact) mass is 369 g/mol. The van der Waals surface area contributed by atoms with E-state index >= 15 is 0 Å². The van der Waals surface area contributed by atoms with Crippen LogP contribution in [0.5, 0.6) is 0 Å². The van der Waals surface area contributed by atoms with Crippen molar-refractivity contribution in [3.63, 3.8) is 0 Å². The van der Waals surface area contributed by atoms with Crippen LogP contribution in [0.2, 0.25) is 0 Å². The van der Waals surface area contributed by atoms with Crippen LogP contribution in [0.25, 0.3) is 11.5 Å². The molecule has 0 bridgehead atoms. The predicted molar refractivity (Wildman–Crippen MR) is 96.9 cm³/mol. The van der Waals surface area contributed by atoms with E-state index in [9.17, 15) is 8.42 Å². The van der Waals surface area contributed by atoms with Crippen LogP contribution >= 0.6 is 0 Å². The molecule has 6 nitrogen and oxygen atoms in total. The summed E-state index contributed by atoms with van der Waals surface area (Å²) in [5, 5.41) is 4.11. The van der Waals surface area contributed by atoms with Gasteiger partial charge in [0.15, 0.2) is 5.82 Å². The van der Waals surface area contributed by atoms with Gasteiger partial charge in [0, 0.05) is 24.6 Å². The molecule has 0 saturated carbocycles. The molecule has 26 heavy (non-hydrogen) atoms. The lowest BCUT2D eigenvalue weighted by atomic mass is 9.97. The zero-order chi connectivity index (χ0) is 18.0. The Morgan fingerprint density at radius 1 is 0.923 bits per heavy atom. The highest BCUT2D eigenvalue weighted by Crippen LogP contribution is 2.30. The van der Waals surface area contributed by atoms with Gasteiger partial charge in [0.1, 0.15) is 0 Å². The van der Waals surface area contributed by atoms with Crippen LogP contribution in [0, 0.1) is 0 Å². The van der Waals surface area contributed by atoms with E-state index in [4.69, 9.17) is 4.52 Å². The van der Waals surface area contributed by atoms with Crippen molar-refractivity contribution in [2.45, 2.75) is 23.7 Å². The summed E-state index contributed by atoms with van der Waals surface area (Å²) in [6.45, 7) is 0.911. The number of nitrogens with zero attached hydrogens (tertiary/aromatic N) is 3. The Morgan fingerprint density at radius 2 is 1.54 bits per heavy atom. The second kappa shape index (κ2) is 7.01. The summed E-state index contributed by atoms with van der Waals surface area (Å²) in [5.74, 6) is 1.26. The van der Waals surface area contributed by atoms with Gasteiger partial charge in [-0.05, 0) is 37.1 Å². The van der Waals surface area contributed by atoms with Crippen LogP contribution in [-0.4, -0.2) is 36.0 Å². The average molecular weight is 369 g/mol. The summed E-state index contributed by atoms with van der Waals surface area (Å²) >= 11 is 0. The van der Waals surface area contributed by atoms with Crippen LogP contribution in [0.15, 0.2) is 70.1 Å². The smallest absolute Gasteiger partial charge is 0.257 e. The second-order valence-electron chi connectivity index (χ2n) is 6.32. The summed E-state index contributed by atoms with van der Waals surface area (Å²) in [6, 6.07) is 18.2. The van der Waals surface area contributed by atoms with Crippen molar-refractivity contribution in [1.29, 1.82) is 0 Å². The maximum absolute atomic E-state index is 12.7. The first kappa shape index (κ1) is 16.9. The molecule has 0 radical (unpaired) electrons. The van der Waals surface area contributed by atoms with Gasteiger partial charge in [-0.2, -0.15) is 9.29 Å². The minimum Gasteiger partial charge on any atom is -0.334 e. The molecule has 4 rings (SSSR count). The lowest BCUT2D eigenvalue weighted by Crippen LogP contribution is -2.38. The van der Waals surface area contributed by atoms with Crippen molar-refractivity contribution in [3.8, 4) is 11.5 Å². The van der Waals surface area contributed by atoms with Gasteiger partial charge in [0.2, 0.25) is 10.0 Å². The molecule has 0 N–H and O–H groups in total. The van der Waals surface area contributed by atoms with E-state index in [-0.39, 0.29) is 5.92 Å². The number of sulfonamides is 1. The predicted octanol–water partition coefficient (Wildman–Crippen LogP) is 3.30. The van der Waals surface area contributed by atoms with Crippen LogP contribution in [0.3, 0.4) is 0 Å². The molecule has 0 unspecified atom stereocenters. The molecule has 3 aromatic rings. The third kappa shape index (κ3) is 3.27. The van der Waals surface area contributed by atoms with Crippen molar-refractivity contribution in [2.24, 2.45) is 0 Å². The average Bonchev–Trinajstić information content (AvgIpc) is 3.20. The quantitative estimate of drug-likeness (QED) is 0.705. The summed E-state index contributed by atoms with van der Waals surface area (Å²) in [4.78, 5) is 4.84. The van der Waals surface area contributed by atoms with Gasteiger partial charge < -0.3 is 4.52 Å². The molecule has 1 aromatic heterocycles. The Balaban J connectivity index is 1.45. The molecule has 1 aliphatic heterocycles. The SMILES string of the molecule is O=S(=O)(c1ccccc1)N1CCC(c2noc(-c3ccccc3)n2)CC1. The highest BCUT2D eigenvalue weighted by atomic mass is 32.2. The molecule has 0 aliphatic carbocycles. The molecule has 0 spiro atoms. The third-order valence-electron chi connectivity index (χ3n) is 4.66. The Morgan fingerprint density at radius 3 is 2.19 bits per heavy atom. The van der Waals surface area contributed by atoms with Crippen molar-refractivity contribution in [3.05, 3.63) is 66.5 Å². The van der Waals surface area contributed by atoms with Crippen LogP contribution in [0.1, 0.15) is 24.6 Å². The third-order valence-corrected chi connectivity index (χ3v) is 6.58. The number of benzene rings is 2. The molecule has 7 heteroatoms. The summed E-state index contributed by atoms with van der Waals surface area (Å²) in [7, 11) is -3.44. The van der Waals surface area contributed by atoms with Gasteiger partial charge >= 0.3 is 0 Å². The van der Waals surface area contributed by atoms with E-state index in [1.807, 2.05) is 36.4 Å². The Bertz CT molecular complexity index is 964. The maximum Gasteiger partial charge on any atom is 0.257 e. The fourth-order valence-electron chi connectivity index (χ4n) is 3.19.